The van der Waals surface area contributed by atoms with Gasteiger partial charge in [0.05, 0.1) is 5.56 Å². The molecule has 3 rings (SSSR count). The van der Waals surface area contributed by atoms with Crippen molar-refractivity contribution in [3.05, 3.63) is 83.9 Å². The van der Waals surface area contributed by atoms with Crippen molar-refractivity contribution in [1.29, 1.82) is 0 Å². The van der Waals surface area contributed by atoms with Crippen molar-refractivity contribution in [2.75, 3.05) is 0 Å². The van der Waals surface area contributed by atoms with Crippen LogP contribution in [-0.2, 0) is 16.8 Å². The molecule has 1 radical (unpaired) electrons. The quantitative estimate of drug-likeness (QED) is 0.714. The third-order valence-corrected chi connectivity index (χ3v) is 2.96. The monoisotopic (exact) mass is 323 g/mol. The van der Waals surface area contributed by atoms with Gasteiger partial charge >= 0.3 is 5.97 Å². The number of hydrogen-bond acceptors (Lipinski definition) is 1. The molecule has 109 valence electrons. The van der Waals surface area contributed by atoms with E-state index < -0.39 is 5.97 Å². The summed E-state index contributed by atoms with van der Waals surface area (Å²) in [6.07, 6.45) is 0. The molecular weight excluding hydrogens is 307 g/mol. The number of carbonyl (C=O) groups is 1. The summed E-state index contributed by atoms with van der Waals surface area (Å²) in [7, 11) is 0. The van der Waals surface area contributed by atoms with Crippen LogP contribution in [0.2, 0.25) is 0 Å². The standard InChI is InChI=1S/C11H8O2.C7H8.Co/c12-11(13)10-7-3-5-8-4-1-2-6-9(8)10;1-7-5-3-2-4-6-7;/h1-7H,(H,12,13);2-6H,1H3;. The molecule has 0 heterocycles. The van der Waals surface area contributed by atoms with Gasteiger partial charge in [0.15, 0.2) is 0 Å². The molecule has 2 nitrogen and oxygen atoms in total. The summed E-state index contributed by atoms with van der Waals surface area (Å²) >= 11 is 0. The molecule has 0 fully saturated rings. The number of carboxylic acid groups (broad SMARTS) is 1. The molecular formula is C18H16CoO2. The van der Waals surface area contributed by atoms with E-state index in [-0.39, 0.29) is 16.8 Å². The van der Waals surface area contributed by atoms with Crippen LogP contribution in [0.3, 0.4) is 0 Å². The Balaban J connectivity index is 0.000000236. The van der Waals surface area contributed by atoms with Gasteiger partial charge in [-0.2, -0.15) is 0 Å². The van der Waals surface area contributed by atoms with Gasteiger partial charge in [-0.3, -0.25) is 0 Å². The Bertz CT molecular complexity index is 703. The number of aromatic carboxylic acids is 1. The van der Waals surface area contributed by atoms with E-state index in [1.807, 2.05) is 48.5 Å². The van der Waals surface area contributed by atoms with Crippen molar-refractivity contribution < 1.29 is 26.7 Å². The van der Waals surface area contributed by atoms with Gasteiger partial charge in [-0.1, -0.05) is 72.3 Å². The van der Waals surface area contributed by atoms with Crippen molar-refractivity contribution in [2.24, 2.45) is 0 Å². The maximum Gasteiger partial charge on any atom is 0.336 e. The largest absolute Gasteiger partial charge is 0.478 e. The minimum Gasteiger partial charge on any atom is -0.478 e. The number of benzene rings is 3. The molecule has 0 aliphatic carbocycles. The first-order chi connectivity index (χ1) is 9.68. The Labute approximate surface area is 134 Å². The number of carboxylic acids is 1. The summed E-state index contributed by atoms with van der Waals surface area (Å²) in [5.41, 5.74) is 1.68. The second kappa shape index (κ2) is 8.24. The normalized spacial score (nSPS) is 9.19. The molecule has 3 heteroatoms. The average molecular weight is 323 g/mol. The molecule has 3 aromatic carbocycles. The molecule has 0 saturated heterocycles. The molecule has 21 heavy (non-hydrogen) atoms. The van der Waals surface area contributed by atoms with Gasteiger partial charge in [0.25, 0.3) is 0 Å². The molecule has 3 aromatic rings. The maximum absolute atomic E-state index is 10.8. The fraction of sp³-hybridized carbons (Fsp3) is 0.0556. The van der Waals surface area contributed by atoms with Crippen LogP contribution in [0.5, 0.6) is 0 Å². The van der Waals surface area contributed by atoms with Gasteiger partial charge in [0, 0.05) is 16.8 Å². The van der Waals surface area contributed by atoms with Crippen LogP contribution in [0.15, 0.2) is 72.8 Å². The Morgan fingerprint density at radius 3 is 1.95 bits per heavy atom. The summed E-state index contributed by atoms with van der Waals surface area (Å²) in [6, 6.07) is 23.0. The molecule has 0 unspecified atom stereocenters. The smallest absolute Gasteiger partial charge is 0.336 e. The van der Waals surface area contributed by atoms with E-state index in [9.17, 15) is 4.79 Å². The second-order valence-corrected chi connectivity index (χ2v) is 4.49. The van der Waals surface area contributed by atoms with Crippen LogP contribution in [-0.4, -0.2) is 11.1 Å². The average Bonchev–Trinajstić information content (AvgIpc) is 2.48. The first kappa shape index (κ1) is 16.9. The number of rotatable bonds is 1. The van der Waals surface area contributed by atoms with Gasteiger partial charge in [0.2, 0.25) is 0 Å². The Kier molecular flexibility index (Phi) is 6.65. The second-order valence-electron chi connectivity index (χ2n) is 4.49. The SMILES string of the molecule is Cc1ccccc1.O=C(O)c1cccc2ccccc12.[Co]. The fourth-order valence-electron chi connectivity index (χ4n) is 1.95. The first-order valence-corrected chi connectivity index (χ1v) is 6.41. The molecule has 0 saturated carbocycles. The van der Waals surface area contributed by atoms with Crippen molar-refractivity contribution in [1.82, 2.24) is 0 Å². The van der Waals surface area contributed by atoms with Gasteiger partial charge in [-0.05, 0) is 23.8 Å². The van der Waals surface area contributed by atoms with E-state index >= 15 is 0 Å². The van der Waals surface area contributed by atoms with Crippen molar-refractivity contribution in [3.8, 4) is 0 Å². The Morgan fingerprint density at radius 1 is 0.810 bits per heavy atom. The maximum atomic E-state index is 10.8. The van der Waals surface area contributed by atoms with Crippen LogP contribution < -0.4 is 0 Å². The Morgan fingerprint density at radius 2 is 1.38 bits per heavy atom. The summed E-state index contributed by atoms with van der Waals surface area (Å²) in [6.45, 7) is 2.08. The van der Waals surface area contributed by atoms with Crippen LogP contribution in [0.4, 0.5) is 0 Å². The molecule has 0 bridgehead atoms. The first-order valence-electron chi connectivity index (χ1n) is 6.41. The van der Waals surface area contributed by atoms with Crippen LogP contribution in [0, 0.1) is 6.92 Å². The summed E-state index contributed by atoms with van der Waals surface area (Å²) in [5, 5.41) is 10.6. The molecule has 0 aliphatic rings. The Hall–Kier alpha value is -2.10. The topological polar surface area (TPSA) is 37.3 Å². The van der Waals surface area contributed by atoms with E-state index in [1.54, 1.807) is 12.1 Å². The summed E-state index contributed by atoms with van der Waals surface area (Å²) in [4.78, 5) is 10.8. The number of aryl methyl sites for hydroxylation is 1. The van der Waals surface area contributed by atoms with Crippen LogP contribution in [0.25, 0.3) is 10.8 Å². The molecule has 0 aromatic heterocycles. The zero-order chi connectivity index (χ0) is 14.4. The predicted molar refractivity (Wildman–Crippen MR) is 82.1 cm³/mol. The molecule has 0 spiro atoms. The number of hydrogen-bond donors (Lipinski definition) is 1. The third kappa shape index (κ3) is 4.74. The van der Waals surface area contributed by atoms with Gasteiger partial charge in [0.1, 0.15) is 0 Å². The molecule has 0 atom stereocenters. The van der Waals surface area contributed by atoms with E-state index in [4.69, 9.17) is 5.11 Å². The van der Waals surface area contributed by atoms with E-state index in [2.05, 4.69) is 19.1 Å². The van der Waals surface area contributed by atoms with Crippen LogP contribution in [0.1, 0.15) is 15.9 Å². The third-order valence-electron chi connectivity index (χ3n) is 2.96. The molecule has 1 N–H and O–H groups in total. The minimum atomic E-state index is -0.878. The molecule has 0 amide bonds. The summed E-state index contributed by atoms with van der Waals surface area (Å²) < 4.78 is 0. The van der Waals surface area contributed by atoms with E-state index in [1.165, 1.54) is 5.56 Å². The van der Waals surface area contributed by atoms with Crippen molar-refractivity contribution in [3.63, 3.8) is 0 Å². The van der Waals surface area contributed by atoms with Gasteiger partial charge in [-0.25, -0.2) is 4.79 Å². The number of fused-ring (bicyclic) bond motifs is 1. The van der Waals surface area contributed by atoms with E-state index in [0.717, 1.165) is 10.8 Å². The fourth-order valence-corrected chi connectivity index (χ4v) is 1.95. The zero-order valence-electron chi connectivity index (χ0n) is 11.6. The zero-order valence-corrected chi connectivity index (χ0v) is 12.7. The van der Waals surface area contributed by atoms with Crippen molar-refractivity contribution in [2.45, 2.75) is 6.92 Å². The van der Waals surface area contributed by atoms with Crippen molar-refractivity contribution >= 4 is 16.7 Å². The van der Waals surface area contributed by atoms with E-state index in [0.29, 0.717) is 5.56 Å². The van der Waals surface area contributed by atoms with Gasteiger partial charge in [-0.15, -0.1) is 0 Å². The minimum absolute atomic E-state index is 0. The molecule has 0 aliphatic heterocycles. The van der Waals surface area contributed by atoms with Gasteiger partial charge < -0.3 is 5.11 Å². The predicted octanol–water partition coefficient (Wildman–Crippen LogP) is 4.53. The van der Waals surface area contributed by atoms with Crippen LogP contribution >= 0.6 is 0 Å². The summed E-state index contributed by atoms with van der Waals surface area (Å²) in [5.74, 6) is -0.878.